The van der Waals surface area contributed by atoms with Gasteiger partial charge < -0.3 is 4.90 Å². The minimum absolute atomic E-state index is 0.0364. The van der Waals surface area contributed by atoms with Crippen molar-refractivity contribution in [3.8, 4) is 0 Å². The standard InChI is InChI=1S/C33H42N2O/c1-34(2)32(27-13-4-3-5-14-27)19-21-33(22-20-32)30-24-26-12-8-9-15-28(26)29(30)18-23-35(33)31(36)17-16-25-10-6-7-11-25/h3-5,8-9,12-15,25H,6-7,10-11,16-24H2,1-2H3. The number of amides is 1. The molecule has 1 amide bonds. The lowest BCUT2D eigenvalue weighted by Gasteiger charge is -2.56. The van der Waals surface area contributed by atoms with Crippen LogP contribution in [-0.2, 0) is 16.8 Å². The lowest BCUT2D eigenvalue weighted by molar-refractivity contribution is -0.139. The molecule has 1 aliphatic heterocycles. The van der Waals surface area contributed by atoms with Gasteiger partial charge in [0.15, 0.2) is 0 Å². The summed E-state index contributed by atoms with van der Waals surface area (Å²) in [5.41, 5.74) is 7.39. The highest BCUT2D eigenvalue weighted by Crippen LogP contribution is 2.55. The topological polar surface area (TPSA) is 23.6 Å². The van der Waals surface area contributed by atoms with Crippen molar-refractivity contribution < 1.29 is 4.79 Å². The van der Waals surface area contributed by atoms with Crippen molar-refractivity contribution in [3.63, 3.8) is 0 Å². The largest absolute Gasteiger partial charge is 0.333 e. The molecule has 0 atom stereocenters. The van der Waals surface area contributed by atoms with E-state index in [1.165, 1.54) is 42.4 Å². The highest BCUT2D eigenvalue weighted by atomic mass is 16.2. The van der Waals surface area contributed by atoms with Gasteiger partial charge in [-0.1, -0.05) is 80.3 Å². The van der Waals surface area contributed by atoms with Crippen LogP contribution in [-0.4, -0.2) is 41.9 Å². The van der Waals surface area contributed by atoms with Crippen LogP contribution in [0.5, 0.6) is 0 Å². The van der Waals surface area contributed by atoms with Crippen LogP contribution in [0.3, 0.4) is 0 Å². The van der Waals surface area contributed by atoms with Gasteiger partial charge in [-0.3, -0.25) is 9.69 Å². The van der Waals surface area contributed by atoms with Gasteiger partial charge in [-0.25, -0.2) is 0 Å². The van der Waals surface area contributed by atoms with Crippen LogP contribution in [0.2, 0.25) is 0 Å². The molecule has 2 fully saturated rings. The maximum absolute atomic E-state index is 13.9. The Bertz CT molecular complexity index is 1130. The molecule has 190 valence electrons. The van der Waals surface area contributed by atoms with Crippen molar-refractivity contribution in [2.24, 2.45) is 5.92 Å². The van der Waals surface area contributed by atoms with E-state index >= 15 is 0 Å². The molecule has 1 spiro atoms. The monoisotopic (exact) mass is 482 g/mol. The van der Waals surface area contributed by atoms with E-state index in [2.05, 4.69) is 78.5 Å². The fourth-order valence-electron chi connectivity index (χ4n) is 8.28. The van der Waals surface area contributed by atoms with Crippen LogP contribution in [0, 0.1) is 5.92 Å². The second kappa shape index (κ2) is 9.49. The first kappa shape index (κ1) is 24.0. The minimum Gasteiger partial charge on any atom is -0.333 e. The Hall–Kier alpha value is -2.39. The van der Waals surface area contributed by atoms with Gasteiger partial charge in [0.05, 0.1) is 5.54 Å². The van der Waals surface area contributed by atoms with Crippen LogP contribution < -0.4 is 0 Å². The van der Waals surface area contributed by atoms with Crippen molar-refractivity contribution in [2.45, 2.75) is 88.1 Å². The molecule has 6 rings (SSSR count). The van der Waals surface area contributed by atoms with Crippen LogP contribution in [0.4, 0.5) is 0 Å². The van der Waals surface area contributed by atoms with Gasteiger partial charge in [0.2, 0.25) is 5.91 Å². The summed E-state index contributed by atoms with van der Waals surface area (Å²) in [7, 11) is 4.49. The van der Waals surface area contributed by atoms with Gasteiger partial charge in [-0.15, -0.1) is 0 Å². The molecule has 2 saturated carbocycles. The smallest absolute Gasteiger partial charge is 0.223 e. The predicted octanol–water partition coefficient (Wildman–Crippen LogP) is 6.97. The van der Waals surface area contributed by atoms with Crippen molar-refractivity contribution >= 4 is 11.5 Å². The van der Waals surface area contributed by atoms with Gasteiger partial charge in [0, 0.05) is 18.5 Å². The van der Waals surface area contributed by atoms with Crippen LogP contribution in [0.25, 0.3) is 5.57 Å². The fraction of sp³-hybridized carbons (Fsp3) is 0.545. The molecule has 1 heterocycles. The molecule has 0 N–H and O–H groups in total. The number of hydrogen-bond acceptors (Lipinski definition) is 2. The third-order valence-electron chi connectivity index (χ3n) is 10.4. The maximum Gasteiger partial charge on any atom is 0.223 e. The number of nitrogens with zero attached hydrogens (tertiary/aromatic N) is 2. The Balaban J connectivity index is 1.33. The third kappa shape index (κ3) is 3.86. The lowest BCUT2D eigenvalue weighted by Crippen LogP contribution is -2.60. The summed E-state index contributed by atoms with van der Waals surface area (Å²) in [6, 6.07) is 20.1. The van der Waals surface area contributed by atoms with E-state index < -0.39 is 0 Å². The normalized spacial score (nSPS) is 28.1. The Kier molecular flexibility index (Phi) is 6.32. The van der Waals surface area contributed by atoms with E-state index in [1.54, 1.807) is 11.1 Å². The molecule has 4 aliphatic rings. The molecule has 0 aromatic heterocycles. The average Bonchev–Trinajstić information content (AvgIpc) is 3.57. The summed E-state index contributed by atoms with van der Waals surface area (Å²) in [5, 5.41) is 0. The van der Waals surface area contributed by atoms with E-state index in [4.69, 9.17) is 0 Å². The first-order valence-corrected chi connectivity index (χ1v) is 14.4. The van der Waals surface area contributed by atoms with Crippen LogP contribution in [0.15, 0.2) is 60.2 Å². The summed E-state index contributed by atoms with van der Waals surface area (Å²) in [6.45, 7) is 0.886. The Morgan fingerprint density at radius 2 is 1.64 bits per heavy atom. The van der Waals surface area contributed by atoms with Crippen molar-refractivity contribution in [3.05, 3.63) is 76.9 Å². The molecule has 0 saturated heterocycles. The molecular weight excluding hydrogens is 440 g/mol. The average molecular weight is 483 g/mol. The second-order valence-corrected chi connectivity index (χ2v) is 12.1. The molecule has 0 radical (unpaired) electrons. The quantitative estimate of drug-likeness (QED) is 0.459. The van der Waals surface area contributed by atoms with Gasteiger partial charge in [0.25, 0.3) is 0 Å². The molecule has 3 aliphatic carbocycles. The zero-order valence-corrected chi connectivity index (χ0v) is 22.3. The Labute approximate surface area is 217 Å². The molecule has 0 bridgehead atoms. The van der Waals surface area contributed by atoms with E-state index in [9.17, 15) is 4.79 Å². The summed E-state index contributed by atoms with van der Waals surface area (Å²) in [4.78, 5) is 18.8. The summed E-state index contributed by atoms with van der Waals surface area (Å²) >= 11 is 0. The van der Waals surface area contributed by atoms with E-state index in [1.807, 2.05) is 0 Å². The molecule has 3 nitrogen and oxygen atoms in total. The van der Waals surface area contributed by atoms with E-state index in [0.717, 1.165) is 63.8 Å². The number of fused-ring (bicyclic) bond motifs is 3. The highest BCUT2D eigenvalue weighted by molar-refractivity contribution is 5.84. The first-order chi connectivity index (χ1) is 17.5. The zero-order chi connectivity index (χ0) is 24.8. The third-order valence-corrected chi connectivity index (χ3v) is 10.4. The Morgan fingerprint density at radius 1 is 0.944 bits per heavy atom. The van der Waals surface area contributed by atoms with Crippen LogP contribution in [0.1, 0.15) is 87.3 Å². The predicted molar refractivity (Wildman–Crippen MR) is 148 cm³/mol. The number of hydrogen-bond donors (Lipinski definition) is 0. The lowest BCUT2D eigenvalue weighted by atomic mass is 9.63. The van der Waals surface area contributed by atoms with Crippen LogP contribution >= 0.6 is 0 Å². The summed E-state index contributed by atoms with van der Waals surface area (Å²) in [6.07, 6.45) is 13.5. The van der Waals surface area contributed by atoms with Crippen molar-refractivity contribution in [2.75, 3.05) is 20.6 Å². The number of carbonyl (C=O) groups is 1. The second-order valence-electron chi connectivity index (χ2n) is 12.1. The fourth-order valence-corrected chi connectivity index (χ4v) is 8.28. The number of rotatable bonds is 5. The molecule has 0 unspecified atom stereocenters. The van der Waals surface area contributed by atoms with Gasteiger partial charge in [-0.2, -0.15) is 0 Å². The minimum atomic E-state index is -0.117. The van der Waals surface area contributed by atoms with Gasteiger partial charge >= 0.3 is 0 Å². The number of carbonyl (C=O) groups excluding carboxylic acids is 1. The molecular formula is C33H42N2O. The summed E-state index contributed by atoms with van der Waals surface area (Å²) in [5.74, 6) is 1.19. The Morgan fingerprint density at radius 3 is 2.36 bits per heavy atom. The molecule has 2 aromatic rings. The number of benzene rings is 2. The van der Waals surface area contributed by atoms with Gasteiger partial charge in [0.1, 0.15) is 0 Å². The van der Waals surface area contributed by atoms with Gasteiger partial charge in [-0.05, 0) is 92.8 Å². The summed E-state index contributed by atoms with van der Waals surface area (Å²) < 4.78 is 0. The highest BCUT2D eigenvalue weighted by Gasteiger charge is 2.53. The molecule has 36 heavy (non-hydrogen) atoms. The molecule has 2 aromatic carbocycles. The molecule has 3 heteroatoms. The maximum atomic E-state index is 13.9. The first-order valence-electron chi connectivity index (χ1n) is 14.4. The SMILES string of the molecule is CN(C)C1(c2ccccc2)CCC2(CC1)C1=C(CCN2C(=O)CCC2CCCC2)c2ccccc2C1. The van der Waals surface area contributed by atoms with Crippen molar-refractivity contribution in [1.82, 2.24) is 9.80 Å². The zero-order valence-electron chi connectivity index (χ0n) is 22.3. The van der Waals surface area contributed by atoms with E-state index in [-0.39, 0.29) is 11.1 Å². The van der Waals surface area contributed by atoms with E-state index in [0.29, 0.717) is 5.91 Å². The van der Waals surface area contributed by atoms with Crippen molar-refractivity contribution in [1.29, 1.82) is 0 Å².